The highest BCUT2D eigenvalue weighted by Gasteiger charge is 2.16. The average molecular weight is 369 g/mol. The third-order valence-electron chi connectivity index (χ3n) is 3.86. The number of amides is 1. The van der Waals surface area contributed by atoms with Gasteiger partial charge in [0.1, 0.15) is 5.69 Å². The van der Waals surface area contributed by atoms with Gasteiger partial charge in [-0.2, -0.15) is 0 Å². The molecule has 0 fully saturated rings. The molecule has 26 heavy (non-hydrogen) atoms. The summed E-state index contributed by atoms with van der Waals surface area (Å²) >= 11 is 0. The highest BCUT2D eigenvalue weighted by atomic mass is 32.2. The lowest BCUT2D eigenvalue weighted by molar-refractivity contribution is 0.102. The van der Waals surface area contributed by atoms with E-state index < -0.39 is 15.9 Å². The van der Waals surface area contributed by atoms with Crippen molar-refractivity contribution in [2.75, 3.05) is 5.32 Å². The third-order valence-corrected chi connectivity index (χ3v) is 5.43. The van der Waals surface area contributed by atoms with Gasteiger partial charge in [0.2, 0.25) is 10.0 Å². The molecule has 1 N–H and O–H groups in total. The number of pyridine rings is 1. The molecular formula is C19H19N3O3S. The number of hydrogen-bond donors (Lipinski definition) is 1. The maximum atomic E-state index is 12.5. The Hall–Kier alpha value is -2.93. The molecule has 0 radical (unpaired) electrons. The first-order chi connectivity index (χ1) is 12.3. The van der Waals surface area contributed by atoms with Crippen LogP contribution < -0.4 is 5.32 Å². The van der Waals surface area contributed by atoms with Crippen molar-refractivity contribution in [3.8, 4) is 0 Å². The van der Waals surface area contributed by atoms with E-state index in [1.165, 1.54) is 12.4 Å². The maximum Gasteiger partial charge on any atom is 0.274 e. The summed E-state index contributed by atoms with van der Waals surface area (Å²) in [4.78, 5) is 16.2. The van der Waals surface area contributed by atoms with Crippen LogP contribution in [0.3, 0.4) is 0 Å². The Morgan fingerprint density at radius 3 is 2.38 bits per heavy atom. The van der Waals surface area contributed by atoms with Crippen LogP contribution in [0.2, 0.25) is 0 Å². The molecule has 134 valence electrons. The van der Waals surface area contributed by atoms with E-state index in [2.05, 4.69) is 10.3 Å². The lowest BCUT2D eigenvalue weighted by Gasteiger charge is -2.06. The Balaban J connectivity index is 1.73. The molecule has 3 rings (SSSR count). The van der Waals surface area contributed by atoms with E-state index in [4.69, 9.17) is 0 Å². The summed E-state index contributed by atoms with van der Waals surface area (Å²) in [7, 11) is -3.56. The normalized spacial score (nSPS) is 11.3. The minimum Gasteiger partial charge on any atom is -0.319 e. The van der Waals surface area contributed by atoms with Gasteiger partial charge in [-0.1, -0.05) is 35.9 Å². The summed E-state index contributed by atoms with van der Waals surface area (Å²) < 4.78 is 26.2. The van der Waals surface area contributed by atoms with E-state index in [1.807, 2.05) is 26.0 Å². The SMILES string of the molecule is Cc1ccc(CS(=O)(=O)n2ccc(NC(=O)c3ccc(C)cn3)c2)cc1. The van der Waals surface area contributed by atoms with E-state index in [9.17, 15) is 13.2 Å². The van der Waals surface area contributed by atoms with Gasteiger partial charge in [-0.25, -0.2) is 8.42 Å². The van der Waals surface area contributed by atoms with Crippen LogP contribution >= 0.6 is 0 Å². The molecule has 0 aliphatic carbocycles. The quantitative estimate of drug-likeness (QED) is 0.749. The average Bonchev–Trinajstić information content (AvgIpc) is 3.07. The summed E-state index contributed by atoms with van der Waals surface area (Å²) in [5.41, 5.74) is 3.39. The second-order valence-electron chi connectivity index (χ2n) is 6.15. The van der Waals surface area contributed by atoms with Crippen molar-refractivity contribution in [2.24, 2.45) is 0 Å². The number of nitrogens with one attached hydrogen (secondary N) is 1. The number of carbonyl (C=O) groups is 1. The molecule has 0 aliphatic heterocycles. The molecule has 3 aromatic rings. The number of aryl methyl sites for hydroxylation is 2. The van der Waals surface area contributed by atoms with Crippen molar-refractivity contribution in [3.63, 3.8) is 0 Å². The molecule has 1 amide bonds. The molecule has 0 atom stereocenters. The Morgan fingerprint density at radius 2 is 1.73 bits per heavy atom. The van der Waals surface area contributed by atoms with Crippen molar-refractivity contribution >= 4 is 21.6 Å². The third kappa shape index (κ3) is 4.18. The first kappa shape index (κ1) is 17.9. The smallest absolute Gasteiger partial charge is 0.274 e. The first-order valence-electron chi connectivity index (χ1n) is 8.04. The molecule has 2 heterocycles. The molecule has 0 unspecified atom stereocenters. The summed E-state index contributed by atoms with van der Waals surface area (Å²) in [6.07, 6.45) is 4.41. The van der Waals surface area contributed by atoms with Gasteiger partial charge in [0.15, 0.2) is 0 Å². The second-order valence-corrected chi connectivity index (χ2v) is 8.02. The zero-order valence-electron chi connectivity index (χ0n) is 14.5. The van der Waals surface area contributed by atoms with E-state index >= 15 is 0 Å². The molecule has 1 aromatic carbocycles. The van der Waals surface area contributed by atoms with Crippen molar-refractivity contribution in [1.82, 2.24) is 8.96 Å². The van der Waals surface area contributed by atoms with E-state index in [0.29, 0.717) is 11.3 Å². The topological polar surface area (TPSA) is 81.1 Å². The van der Waals surface area contributed by atoms with Crippen LogP contribution in [0, 0.1) is 13.8 Å². The van der Waals surface area contributed by atoms with Crippen LogP contribution in [-0.2, 0) is 15.8 Å². The number of carbonyl (C=O) groups excluding carboxylic acids is 1. The minimum absolute atomic E-state index is 0.116. The molecule has 0 saturated heterocycles. The number of aromatic nitrogens is 2. The van der Waals surface area contributed by atoms with Gasteiger partial charge in [0.05, 0.1) is 11.4 Å². The van der Waals surface area contributed by atoms with Crippen molar-refractivity contribution < 1.29 is 13.2 Å². The number of rotatable bonds is 5. The van der Waals surface area contributed by atoms with Crippen molar-refractivity contribution in [1.29, 1.82) is 0 Å². The molecular weight excluding hydrogens is 350 g/mol. The number of anilines is 1. The fourth-order valence-electron chi connectivity index (χ4n) is 2.39. The summed E-state index contributed by atoms with van der Waals surface area (Å²) in [6, 6.07) is 12.3. The Labute approximate surface area is 152 Å². The Bertz CT molecular complexity index is 1020. The van der Waals surface area contributed by atoms with Crippen LogP contribution in [0.4, 0.5) is 5.69 Å². The largest absolute Gasteiger partial charge is 0.319 e. The lowest BCUT2D eigenvalue weighted by Crippen LogP contribution is -2.15. The molecule has 0 bridgehead atoms. The number of nitrogens with zero attached hydrogens (tertiary/aromatic N) is 2. The van der Waals surface area contributed by atoms with E-state index in [-0.39, 0.29) is 11.4 Å². The fourth-order valence-corrected chi connectivity index (χ4v) is 3.67. The van der Waals surface area contributed by atoms with Crippen LogP contribution in [0.15, 0.2) is 61.1 Å². The minimum atomic E-state index is -3.56. The van der Waals surface area contributed by atoms with Gasteiger partial charge in [0, 0.05) is 18.6 Å². The van der Waals surface area contributed by atoms with Gasteiger partial charge >= 0.3 is 0 Å². The predicted octanol–water partition coefficient (Wildman–Crippen LogP) is 3.13. The molecule has 0 aliphatic rings. The van der Waals surface area contributed by atoms with Crippen LogP contribution in [0.1, 0.15) is 27.2 Å². The predicted molar refractivity (Wildman–Crippen MR) is 101 cm³/mol. The Kier molecular flexibility index (Phi) is 4.90. The van der Waals surface area contributed by atoms with Crippen LogP contribution in [0.25, 0.3) is 0 Å². The fraction of sp³-hybridized carbons (Fsp3) is 0.158. The van der Waals surface area contributed by atoms with E-state index in [1.54, 1.807) is 36.5 Å². The van der Waals surface area contributed by atoms with Crippen LogP contribution in [-0.4, -0.2) is 23.3 Å². The van der Waals surface area contributed by atoms with Gasteiger partial charge < -0.3 is 5.32 Å². The van der Waals surface area contributed by atoms with Gasteiger partial charge in [0.25, 0.3) is 5.91 Å². The monoisotopic (exact) mass is 369 g/mol. The summed E-state index contributed by atoms with van der Waals surface area (Å²) in [6.45, 7) is 3.83. The number of benzene rings is 1. The van der Waals surface area contributed by atoms with Crippen molar-refractivity contribution in [2.45, 2.75) is 19.6 Å². The highest BCUT2D eigenvalue weighted by molar-refractivity contribution is 7.89. The van der Waals surface area contributed by atoms with E-state index in [0.717, 1.165) is 15.1 Å². The molecule has 0 spiro atoms. The van der Waals surface area contributed by atoms with Gasteiger partial charge in [-0.15, -0.1) is 0 Å². The molecule has 7 heteroatoms. The van der Waals surface area contributed by atoms with Gasteiger partial charge in [-0.05, 0) is 37.1 Å². The number of hydrogen-bond acceptors (Lipinski definition) is 4. The standard InChI is InChI=1S/C19H19N3O3S/c1-14-3-6-16(7-4-14)13-26(24,25)22-10-9-17(12-22)21-19(23)18-8-5-15(2)11-20-18/h3-12H,13H2,1-2H3,(H,21,23). The molecule has 6 nitrogen and oxygen atoms in total. The van der Waals surface area contributed by atoms with Gasteiger partial charge in [-0.3, -0.25) is 13.8 Å². The lowest BCUT2D eigenvalue weighted by atomic mass is 10.2. The zero-order valence-corrected chi connectivity index (χ0v) is 15.3. The molecule has 0 saturated carbocycles. The van der Waals surface area contributed by atoms with Crippen LogP contribution in [0.5, 0.6) is 0 Å². The molecule has 2 aromatic heterocycles. The Morgan fingerprint density at radius 1 is 1.04 bits per heavy atom. The maximum absolute atomic E-state index is 12.5. The first-order valence-corrected chi connectivity index (χ1v) is 9.65. The zero-order chi connectivity index (χ0) is 18.7. The summed E-state index contributed by atoms with van der Waals surface area (Å²) in [5, 5.41) is 2.65. The second kappa shape index (κ2) is 7.13. The van der Waals surface area contributed by atoms with Crippen molar-refractivity contribution in [3.05, 3.63) is 83.4 Å². The summed E-state index contributed by atoms with van der Waals surface area (Å²) in [5.74, 6) is -0.506. The highest BCUT2D eigenvalue weighted by Crippen LogP contribution is 2.15.